The normalized spacial score (nSPS) is 30.2. The Balaban J connectivity index is 1.59. The van der Waals surface area contributed by atoms with E-state index in [2.05, 4.69) is 6.92 Å². The van der Waals surface area contributed by atoms with E-state index in [1.807, 2.05) is 9.80 Å². The van der Waals surface area contributed by atoms with Crippen LogP contribution in [0.5, 0.6) is 0 Å². The minimum absolute atomic E-state index is 0.0129. The van der Waals surface area contributed by atoms with Crippen LogP contribution in [0.25, 0.3) is 0 Å². The minimum Gasteiger partial charge on any atom is -0.342 e. The molecule has 4 nitrogen and oxygen atoms in total. The molecule has 0 radical (unpaired) electrons. The first-order valence-corrected chi connectivity index (χ1v) is 11.5. The fourth-order valence-corrected chi connectivity index (χ4v) is 6.29. The van der Waals surface area contributed by atoms with Gasteiger partial charge in [-0.25, -0.2) is 0 Å². The van der Waals surface area contributed by atoms with Gasteiger partial charge in [-0.3, -0.25) is 9.59 Å². The third-order valence-electron chi connectivity index (χ3n) is 5.99. The van der Waals surface area contributed by atoms with Crippen LogP contribution in [-0.4, -0.2) is 57.1 Å². The molecule has 0 spiro atoms. The molecule has 2 aliphatic heterocycles. The summed E-state index contributed by atoms with van der Waals surface area (Å²) in [5, 5.41) is -0.0991. The monoisotopic (exact) mass is 384 g/mol. The zero-order valence-electron chi connectivity index (χ0n) is 15.4. The van der Waals surface area contributed by atoms with E-state index in [9.17, 15) is 9.59 Å². The smallest absolute Gasteiger partial charge is 0.236 e. The first kappa shape index (κ1) is 19.4. The number of thioether (sulfide) groups is 1. The second-order valence-electron chi connectivity index (χ2n) is 7.77. The van der Waals surface area contributed by atoms with Crippen LogP contribution < -0.4 is 0 Å². The second kappa shape index (κ2) is 9.03. The van der Waals surface area contributed by atoms with Gasteiger partial charge in [-0.1, -0.05) is 19.3 Å². The van der Waals surface area contributed by atoms with Crippen LogP contribution in [0.15, 0.2) is 0 Å². The van der Waals surface area contributed by atoms with Gasteiger partial charge in [-0.2, -0.15) is 12.6 Å². The van der Waals surface area contributed by atoms with Crippen molar-refractivity contribution in [3.8, 4) is 0 Å². The van der Waals surface area contributed by atoms with Gasteiger partial charge < -0.3 is 9.80 Å². The predicted molar refractivity (Wildman–Crippen MR) is 107 cm³/mol. The fraction of sp³-hybridized carbons (Fsp3) is 0.895. The Labute approximate surface area is 161 Å². The average Bonchev–Trinajstić information content (AvgIpc) is 3.10. The average molecular weight is 385 g/mol. The number of hydrogen-bond donors (Lipinski definition) is 1. The maximum Gasteiger partial charge on any atom is 0.236 e. The van der Waals surface area contributed by atoms with E-state index in [1.165, 1.54) is 19.3 Å². The van der Waals surface area contributed by atoms with Crippen molar-refractivity contribution in [2.75, 3.05) is 19.6 Å². The van der Waals surface area contributed by atoms with Gasteiger partial charge in [0.05, 0.1) is 15.9 Å². The van der Waals surface area contributed by atoms with Gasteiger partial charge in [-0.15, -0.1) is 11.8 Å². The molecule has 2 saturated heterocycles. The lowest BCUT2D eigenvalue weighted by atomic mass is 9.86. The molecule has 0 aromatic carbocycles. The highest BCUT2D eigenvalue weighted by Gasteiger charge is 2.36. The molecule has 0 aromatic heterocycles. The van der Waals surface area contributed by atoms with Gasteiger partial charge in [0, 0.05) is 19.6 Å². The molecule has 6 heteroatoms. The molecule has 2 amide bonds. The molecule has 142 valence electrons. The maximum atomic E-state index is 13.0. The number of nitrogens with zero attached hydrogens (tertiary/aromatic N) is 2. The Bertz CT molecular complexity index is 476. The van der Waals surface area contributed by atoms with Gasteiger partial charge >= 0.3 is 0 Å². The molecule has 3 atom stereocenters. The maximum absolute atomic E-state index is 13.0. The van der Waals surface area contributed by atoms with E-state index >= 15 is 0 Å². The molecule has 2 heterocycles. The molecule has 1 aliphatic carbocycles. The Morgan fingerprint density at radius 2 is 1.64 bits per heavy atom. The lowest BCUT2D eigenvalue weighted by molar-refractivity contribution is -0.132. The zero-order valence-corrected chi connectivity index (χ0v) is 17.1. The molecule has 0 bridgehead atoms. The van der Waals surface area contributed by atoms with Crippen LogP contribution in [-0.2, 0) is 9.59 Å². The lowest BCUT2D eigenvalue weighted by Gasteiger charge is -2.34. The molecular formula is C19H32N2O2S2. The van der Waals surface area contributed by atoms with E-state index < -0.39 is 0 Å². The van der Waals surface area contributed by atoms with Crippen LogP contribution in [0.2, 0.25) is 0 Å². The van der Waals surface area contributed by atoms with Crippen LogP contribution in [0.4, 0.5) is 0 Å². The Morgan fingerprint density at radius 1 is 0.960 bits per heavy atom. The highest BCUT2D eigenvalue weighted by atomic mass is 32.2. The Kier molecular flexibility index (Phi) is 7.01. The standard InChI is InChI=1S/C19H32N2O2S2/c1-14-21(19(23)17(24)15-8-3-2-4-9-15)13-7-10-16(25-14)18(22)20-11-5-6-12-20/h14-17,24H,2-13H2,1H3. The largest absolute Gasteiger partial charge is 0.342 e. The van der Waals surface area contributed by atoms with Crippen molar-refractivity contribution in [2.45, 2.75) is 80.6 Å². The lowest BCUT2D eigenvalue weighted by Crippen LogP contribution is -2.44. The summed E-state index contributed by atoms with van der Waals surface area (Å²) in [4.78, 5) is 29.8. The van der Waals surface area contributed by atoms with Crippen LogP contribution in [0.3, 0.4) is 0 Å². The minimum atomic E-state index is -0.172. The Hall–Kier alpha value is -0.360. The van der Waals surface area contributed by atoms with Crippen molar-refractivity contribution >= 4 is 36.2 Å². The van der Waals surface area contributed by atoms with Crippen molar-refractivity contribution in [2.24, 2.45) is 5.92 Å². The molecular weight excluding hydrogens is 352 g/mol. The molecule has 3 unspecified atom stereocenters. The van der Waals surface area contributed by atoms with Crippen molar-refractivity contribution in [1.82, 2.24) is 9.80 Å². The number of hydrogen-bond acceptors (Lipinski definition) is 4. The first-order chi connectivity index (χ1) is 12.1. The van der Waals surface area contributed by atoms with E-state index in [-0.39, 0.29) is 21.8 Å². The summed E-state index contributed by atoms with van der Waals surface area (Å²) in [5.74, 6) is 0.898. The van der Waals surface area contributed by atoms with E-state index in [4.69, 9.17) is 12.6 Å². The van der Waals surface area contributed by atoms with E-state index in [1.54, 1.807) is 11.8 Å². The van der Waals surface area contributed by atoms with Gasteiger partial charge in [0.2, 0.25) is 11.8 Å². The number of thiol groups is 1. The van der Waals surface area contributed by atoms with Gasteiger partial charge in [-0.05, 0) is 51.4 Å². The molecule has 1 saturated carbocycles. The SMILES string of the molecule is CC1SC(C(=O)N2CCCC2)CCCN1C(=O)C(S)C1CCCCC1. The van der Waals surface area contributed by atoms with E-state index in [0.29, 0.717) is 11.8 Å². The summed E-state index contributed by atoms with van der Waals surface area (Å²) >= 11 is 6.40. The number of carbonyl (C=O) groups is 2. The quantitative estimate of drug-likeness (QED) is 0.757. The number of rotatable bonds is 3. The molecule has 0 N–H and O–H groups in total. The van der Waals surface area contributed by atoms with Crippen molar-refractivity contribution in [3.05, 3.63) is 0 Å². The summed E-state index contributed by atoms with van der Waals surface area (Å²) < 4.78 is 0. The summed E-state index contributed by atoms with van der Waals surface area (Å²) in [6.45, 7) is 4.67. The number of amides is 2. The number of carbonyl (C=O) groups excluding carboxylic acids is 2. The van der Waals surface area contributed by atoms with Crippen LogP contribution in [0.1, 0.15) is 64.7 Å². The first-order valence-electron chi connectivity index (χ1n) is 10.0. The van der Waals surface area contributed by atoms with E-state index in [0.717, 1.165) is 58.2 Å². The third-order valence-corrected chi connectivity index (χ3v) is 8.05. The summed E-state index contributed by atoms with van der Waals surface area (Å²) in [7, 11) is 0. The van der Waals surface area contributed by atoms with Gasteiger partial charge in [0.15, 0.2) is 0 Å². The third kappa shape index (κ3) is 4.68. The molecule has 3 rings (SSSR count). The van der Waals surface area contributed by atoms with Crippen molar-refractivity contribution < 1.29 is 9.59 Å². The second-order valence-corrected chi connectivity index (χ2v) is 9.85. The summed E-state index contributed by atoms with van der Waals surface area (Å²) in [6.07, 6.45) is 10.1. The predicted octanol–water partition coefficient (Wildman–Crippen LogP) is 3.56. The molecule has 25 heavy (non-hydrogen) atoms. The van der Waals surface area contributed by atoms with Crippen molar-refractivity contribution in [3.63, 3.8) is 0 Å². The summed E-state index contributed by atoms with van der Waals surface area (Å²) in [6, 6.07) is 0. The fourth-order valence-electron chi connectivity index (χ4n) is 4.44. The highest BCUT2D eigenvalue weighted by Crippen LogP contribution is 2.34. The number of likely N-dealkylation sites (tertiary alicyclic amines) is 1. The van der Waals surface area contributed by atoms with Crippen LogP contribution >= 0.6 is 24.4 Å². The summed E-state index contributed by atoms with van der Waals surface area (Å²) in [5.41, 5.74) is 0. The van der Waals surface area contributed by atoms with Crippen LogP contribution in [0, 0.1) is 5.92 Å². The van der Waals surface area contributed by atoms with Gasteiger partial charge in [0.25, 0.3) is 0 Å². The Morgan fingerprint density at radius 3 is 2.32 bits per heavy atom. The van der Waals surface area contributed by atoms with Gasteiger partial charge in [0.1, 0.15) is 0 Å². The topological polar surface area (TPSA) is 40.6 Å². The zero-order chi connectivity index (χ0) is 17.8. The molecule has 3 aliphatic rings. The van der Waals surface area contributed by atoms with Crippen molar-refractivity contribution in [1.29, 1.82) is 0 Å². The molecule has 3 fully saturated rings. The highest BCUT2D eigenvalue weighted by molar-refractivity contribution is 8.01. The molecule has 0 aromatic rings.